The second-order valence-corrected chi connectivity index (χ2v) is 6.04. The van der Waals surface area contributed by atoms with E-state index >= 15 is 0 Å². The summed E-state index contributed by atoms with van der Waals surface area (Å²) in [5, 5.41) is 0. The van der Waals surface area contributed by atoms with Crippen molar-refractivity contribution in [1.29, 1.82) is 0 Å². The normalized spacial score (nSPS) is 13.1. The van der Waals surface area contributed by atoms with Gasteiger partial charge in [0.15, 0.2) is 0 Å². The SMILES string of the molecule is CCC/C(CC)=C(\CC)c1cc(OC(F)(F)F)c(Br)cc1C. The van der Waals surface area contributed by atoms with Crippen molar-refractivity contribution in [1.82, 2.24) is 0 Å². The Hall–Kier alpha value is -0.970. The van der Waals surface area contributed by atoms with Crippen LogP contribution in [0.1, 0.15) is 57.6 Å². The monoisotopic (exact) mass is 378 g/mol. The maximum absolute atomic E-state index is 12.5. The van der Waals surface area contributed by atoms with Crippen LogP contribution in [0.3, 0.4) is 0 Å². The lowest BCUT2D eigenvalue weighted by Gasteiger charge is -2.18. The van der Waals surface area contributed by atoms with Crippen LogP contribution in [0.5, 0.6) is 5.75 Å². The summed E-state index contributed by atoms with van der Waals surface area (Å²) in [6, 6.07) is 3.18. The Labute approximate surface area is 138 Å². The van der Waals surface area contributed by atoms with E-state index in [2.05, 4.69) is 34.5 Å². The van der Waals surface area contributed by atoms with Crippen LogP contribution in [-0.4, -0.2) is 6.36 Å². The van der Waals surface area contributed by atoms with Crippen molar-refractivity contribution in [3.05, 3.63) is 33.3 Å². The first-order valence-electron chi connectivity index (χ1n) is 7.50. The Morgan fingerprint density at radius 2 is 1.77 bits per heavy atom. The molecule has 0 bridgehead atoms. The summed E-state index contributed by atoms with van der Waals surface area (Å²) >= 11 is 3.15. The maximum Gasteiger partial charge on any atom is 0.573 e. The molecule has 0 aliphatic carbocycles. The van der Waals surface area contributed by atoms with E-state index in [1.54, 1.807) is 6.07 Å². The molecule has 1 aromatic rings. The fourth-order valence-corrected chi connectivity index (χ4v) is 3.19. The fraction of sp³-hybridized carbons (Fsp3) is 0.529. The predicted molar refractivity (Wildman–Crippen MR) is 88.0 cm³/mol. The summed E-state index contributed by atoms with van der Waals surface area (Å²) < 4.78 is 42.0. The molecule has 0 aliphatic rings. The van der Waals surface area contributed by atoms with Gasteiger partial charge in [0.1, 0.15) is 5.75 Å². The van der Waals surface area contributed by atoms with E-state index in [0.717, 1.165) is 42.4 Å². The zero-order valence-electron chi connectivity index (χ0n) is 13.4. The fourth-order valence-electron chi connectivity index (χ4n) is 2.65. The molecule has 0 amide bonds. The van der Waals surface area contributed by atoms with E-state index in [9.17, 15) is 13.2 Å². The summed E-state index contributed by atoms with van der Waals surface area (Å²) in [5.74, 6) is -0.189. The van der Waals surface area contributed by atoms with Crippen LogP contribution in [0.25, 0.3) is 5.57 Å². The number of ether oxygens (including phenoxy) is 1. The third-order valence-electron chi connectivity index (χ3n) is 3.59. The number of rotatable bonds is 6. The molecule has 0 radical (unpaired) electrons. The first kappa shape index (κ1) is 19.1. The van der Waals surface area contributed by atoms with E-state index in [1.165, 1.54) is 11.6 Å². The molecular formula is C17H22BrF3O. The van der Waals surface area contributed by atoms with Crippen molar-refractivity contribution >= 4 is 21.5 Å². The lowest BCUT2D eigenvalue weighted by Crippen LogP contribution is -2.17. The molecule has 0 heterocycles. The van der Waals surface area contributed by atoms with E-state index in [-0.39, 0.29) is 5.75 Å². The Morgan fingerprint density at radius 1 is 1.14 bits per heavy atom. The van der Waals surface area contributed by atoms with Gasteiger partial charge >= 0.3 is 6.36 Å². The third-order valence-corrected chi connectivity index (χ3v) is 4.21. The molecule has 0 saturated heterocycles. The first-order chi connectivity index (χ1) is 10.2. The van der Waals surface area contributed by atoms with Crippen molar-refractivity contribution in [3.8, 4) is 5.75 Å². The maximum atomic E-state index is 12.5. The molecule has 1 rings (SSSR count). The summed E-state index contributed by atoms with van der Waals surface area (Å²) in [6.07, 6.45) is -1.01. The predicted octanol–water partition coefficient (Wildman–Crippen LogP) is 7.03. The zero-order chi connectivity index (χ0) is 16.9. The van der Waals surface area contributed by atoms with Crippen molar-refractivity contribution in [3.63, 3.8) is 0 Å². The van der Waals surface area contributed by atoms with Gasteiger partial charge in [-0.3, -0.25) is 0 Å². The van der Waals surface area contributed by atoms with Gasteiger partial charge in [-0.25, -0.2) is 0 Å². The Morgan fingerprint density at radius 3 is 2.23 bits per heavy atom. The molecule has 0 aromatic heterocycles. The quantitative estimate of drug-likeness (QED) is 0.516. The van der Waals surface area contributed by atoms with Gasteiger partial charge in [-0.2, -0.15) is 0 Å². The van der Waals surface area contributed by atoms with Crippen LogP contribution in [0.2, 0.25) is 0 Å². The van der Waals surface area contributed by atoms with Gasteiger partial charge in [-0.1, -0.05) is 32.8 Å². The lowest BCUT2D eigenvalue weighted by atomic mass is 9.90. The van der Waals surface area contributed by atoms with Crippen LogP contribution in [0, 0.1) is 6.92 Å². The van der Waals surface area contributed by atoms with Crippen LogP contribution in [0.4, 0.5) is 13.2 Å². The van der Waals surface area contributed by atoms with Crippen LogP contribution < -0.4 is 4.74 Å². The highest BCUT2D eigenvalue weighted by Crippen LogP contribution is 2.37. The van der Waals surface area contributed by atoms with Crippen LogP contribution >= 0.6 is 15.9 Å². The number of hydrogen-bond acceptors (Lipinski definition) is 1. The molecule has 0 aliphatic heterocycles. The molecule has 0 spiro atoms. The number of hydrogen-bond donors (Lipinski definition) is 0. The second-order valence-electron chi connectivity index (χ2n) is 5.18. The molecule has 0 unspecified atom stereocenters. The minimum atomic E-state index is -4.69. The summed E-state index contributed by atoms with van der Waals surface area (Å²) in [6.45, 7) is 8.14. The molecule has 0 N–H and O–H groups in total. The van der Waals surface area contributed by atoms with Crippen LogP contribution in [-0.2, 0) is 0 Å². The highest BCUT2D eigenvalue weighted by molar-refractivity contribution is 9.10. The highest BCUT2D eigenvalue weighted by atomic mass is 79.9. The Bertz CT molecular complexity index is 548. The summed E-state index contributed by atoms with van der Waals surface area (Å²) in [7, 11) is 0. The zero-order valence-corrected chi connectivity index (χ0v) is 15.0. The molecular weight excluding hydrogens is 357 g/mol. The minimum absolute atomic E-state index is 0.189. The van der Waals surface area contributed by atoms with Crippen molar-refractivity contribution in [2.24, 2.45) is 0 Å². The lowest BCUT2D eigenvalue weighted by molar-refractivity contribution is -0.274. The largest absolute Gasteiger partial charge is 0.573 e. The molecule has 0 atom stereocenters. The van der Waals surface area contributed by atoms with Gasteiger partial charge in [-0.15, -0.1) is 13.2 Å². The van der Waals surface area contributed by atoms with E-state index in [4.69, 9.17) is 0 Å². The van der Waals surface area contributed by atoms with Crippen LogP contribution in [0.15, 0.2) is 22.2 Å². The number of benzene rings is 1. The van der Waals surface area contributed by atoms with Crippen molar-refractivity contribution in [2.75, 3.05) is 0 Å². The number of alkyl halides is 3. The second kappa shape index (κ2) is 8.04. The first-order valence-corrected chi connectivity index (χ1v) is 8.29. The van der Waals surface area contributed by atoms with Crippen molar-refractivity contribution < 1.29 is 17.9 Å². The molecule has 0 fully saturated rings. The minimum Gasteiger partial charge on any atom is -0.405 e. The standard InChI is InChI=1S/C17H22BrF3O/c1-5-8-12(6-2)13(7-3)14-10-16(22-17(19,20)21)15(18)9-11(14)4/h9-10H,5-8H2,1-4H3/b13-12+. The molecule has 1 nitrogen and oxygen atoms in total. The van der Waals surface area contributed by atoms with Gasteiger partial charge in [0.25, 0.3) is 0 Å². The van der Waals surface area contributed by atoms with E-state index in [0.29, 0.717) is 4.47 Å². The number of halogens is 4. The highest BCUT2D eigenvalue weighted by Gasteiger charge is 2.32. The average molecular weight is 379 g/mol. The van der Waals surface area contributed by atoms with Gasteiger partial charge in [0.05, 0.1) is 4.47 Å². The number of aryl methyl sites for hydroxylation is 1. The van der Waals surface area contributed by atoms with Gasteiger partial charge in [0.2, 0.25) is 0 Å². The van der Waals surface area contributed by atoms with Gasteiger partial charge in [0, 0.05) is 0 Å². The van der Waals surface area contributed by atoms with Gasteiger partial charge in [-0.05, 0) is 70.9 Å². The Balaban J connectivity index is 3.42. The smallest absolute Gasteiger partial charge is 0.405 e. The molecule has 0 saturated carbocycles. The van der Waals surface area contributed by atoms with Crippen molar-refractivity contribution in [2.45, 2.75) is 59.7 Å². The molecule has 5 heteroatoms. The molecule has 1 aromatic carbocycles. The topological polar surface area (TPSA) is 9.23 Å². The van der Waals surface area contributed by atoms with E-state index < -0.39 is 6.36 Å². The summed E-state index contributed by atoms with van der Waals surface area (Å²) in [4.78, 5) is 0. The van der Waals surface area contributed by atoms with Gasteiger partial charge < -0.3 is 4.74 Å². The third kappa shape index (κ3) is 5.04. The Kier molecular flexibility index (Phi) is 6.98. The summed E-state index contributed by atoms with van der Waals surface area (Å²) in [5.41, 5.74) is 4.21. The molecule has 22 heavy (non-hydrogen) atoms. The number of allylic oxidation sites excluding steroid dienone is 2. The molecule has 124 valence electrons. The van der Waals surface area contributed by atoms with E-state index in [1.807, 2.05) is 13.8 Å². The average Bonchev–Trinajstić information content (AvgIpc) is 2.41.